The summed E-state index contributed by atoms with van der Waals surface area (Å²) in [5.74, 6) is -0.973. The van der Waals surface area contributed by atoms with Crippen molar-refractivity contribution in [2.75, 3.05) is 18.3 Å². The summed E-state index contributed by atoms with van der Waals surface area (Å²) in [6.07, 6.45) is -0.350. The molecule has 26 heavy (non-hydrogen) atoms. The van der Waals surface area contributed by atoms with E-state index >= 15 is 0 Å². The normalized spacial score (nSPS) is 13.5. The summed E-state index contributed by atoms with van der Waals surface area (Å²) in [7, 11) is -3.42. The number of hydrogen-bond donors (Lipinski definition) is 3. The van der Waals surface area contributed by atoms with E-state index in [-0.39, 0.29) is 40.3 Å². The van der Waals surface area contributed by atoms with Crippen molar-refractivity contribution in [3.05, 3.63) is 39.8 Å². The van der Waals surface area contributed by atoms with E-state index in [1.165, 1.54) is 12.1 Å². The highest BCUT2D eigenvalue weighted by Crippen LogP contribution is 2.43. The van der Waals surface area contributed by atoms with Gasteiger partial charge >= 0.3 is 0 Å². The summed E-state index contributed by atoms with van der Waals surface area (Å²) in [4.78, 5) is 12.9. The molecule has 0 radical (unpaired) electrons. The van der Waals surface area contributed by atoms with E-state index in [0.29, 0.717) is 5.56 Å². The third kappa shape index (κ3) is 5.01. The van der Waals surface area contributed by atoms with Crippen molar-refractivity contribution in [3.8, 4) is 17.2 Å². The molecule has 2 rings (SSSR count). The van der Waals surface area contributed by atoms with Crippen molar-refractivity contribution in [1.82, 2.24) is 4.98 Å². The van der Waals surface area contributed by atoms with Crippen LogP contribution in [0.3, 0.4) is 0 Å². The highest BCUT2D eigenvalue weighted by molar-refractivity contribution is 7.57. The Bertz CT molecular complexity index is 874. The van der Waals surface area contributed by atoms with Gasteiger partial charge in [0.2, 0.25) is 13.3 Å². The van der Waals surface area contributed by atoms with Gasteiger partial charge in [0.1, 0.15) is 21.5 Å². The third-order valence-electron chi connectivity index (χ3n) is 3.38. The average molecular weight is 423 g/mol. The topological polar surface area (TPSA) is 91.7 Å². The van der Waals surface area contributed by atoms with Gasteiger partial charge in [-0.3, -0.25) is 4.57 Å². The lowest BCUT2D eigenvalue weighted by atomic mass is 10.0. The van der Waals surface area contributed by atoms with E-state index in [1.807, 2.05) is 13.8 Å². The summed E-state index contributed by atoms with van der Waals surface area (Å²) in [5, 5.41) is 11.8. The van der Waals surface area contributed by atoms with E-state index in [9.17, 15) is 19.0 Å². The van der Waals surface area contributed by atoms with Gasteiger partial charge in [-0.2, -0.15) is 9.37 Å². The maximum absolute atomic E-state index is 14.0. The molecule has 0 aliphatic rings. The number of phenols is 1. The molecule has 0 aliphatic carbocycles. The first-order valence-corrected chi connectivity index (χ1v) is 10.6. The molecule has 0 saturated carbocycles. The summed E-state index contributed by atoms with van der Waals surface area (Å²) in [6, 6.07) is 4.52. The minimum atomic E-state index is -3.42. The number of rotatable bonds is 6. The minimum absolute atomic E-state index is 0.0270. The second kappa shape index (κ2) is 8.01. The molecule has 3 N–H and O–H groups in total. The number of anilines is 1. The maximum atomic E-state index is 14.0. The quantitative estimate of drug-likeness (QED) is 0.425. The molecule has 1 heterocycles. The molecule has 10 heteroatoms. The molecular formula is C16H18Cl2FN2O4P. The lowest BCUT2D eigenvalue weighted by Crippen LogP contribution is -2.06. The van der Waals surface area contributed by atoms with Gasteiger partial charge in [0, 0.05) is 12.2 Å². The van der Waals surface area contributed by atoms with Crippen LogP contribution in [0.25, 0.3) is 0 Å². The van der Waals surface area contributed by atoms with Crippen LogP contribution in [-0.2, 0) is 4.57 Å². The molecule has 0 spiro atoms. The summed E-state index contributed by atoms with van der Waals surface area (Å²) >= 11 is 12.1. The zero-order valence-electron chi connectivity index (χ0n) is 14.3. The highest BCUT2D eigenvalue weighted by atomic mass is 35.5. The molecule has 0 fully saturated rings. The first-order chi connectivity index (χ1) is 12.0. The second-order valence-electron chi connectivity index (χ2n) is 6.07. The number of aromatic nitrogens is 1. The predicted molar refractivity (Wildman–Crippen MR) is 101 cm³/mol. The van der Waals surface area contributed by atoms with Crippen molar-refractivity contribution in [1.29, 1.82) is 0 Å². The number of benzene rings is 1. The van der Waals surface area contributed by atoms with Gasteiger partial charge in [-0.15, -0.1) is 0 Å². The maximum Gasteiger partial charge on any atom is 0.237 e. The molecular weight excluding hydrogens is 405 g/mol. The number of phenolic OH excluding ortho intramolecular Hbond substituents is 1. The Hall–Kier alpha value is -1.53. The van der Waals surface area contributed by atoms with E-state index in [1.54, 1.807) is 6.07 Å². The minimum Gasteiger partial charge on any atom is -0.508 e. The van der Waals surface area contributed by atoms with E-state index in [0.717, 1.165) is 6.66 Å². The monoisotopic (exact) mass is 422 g/mol. The zero-order chi connectivity index (χ0) is 19.6. The van der Waals surface area contributed by atoms with Gasteiger partial charge < -0.3 is 20.1 Å². The Morgan fingerprint density at radius 1 is 1.35 bits per heavy atom. The number of pyridine rings is 1. The Labute approximate surface area is 160 Å². The first kappa shape index (κ1) is 20.8. The number of hydrogen-bond acceptors (Lipinski definition) is 5. The molecule has 1 unspecified atom stereocenters. The fourth-order valence-corrected chi connectivity index (χ4v) is 3.01. The Balaban J connectivity index is 2.41. The van der Waals surface area contributed by atoms with Crippen LogP contribution in [0.4, 0.5) is 10.2 Å². The van der Waals surface area contributed by atoms with Crippen LogP contribution in [0.2, 0.25) is 10.0 Å². The molecule has 0 aliphatic heterocycles. The van der Waals surface area contributed by atoms with Gasteiger partial charge in [-0.05, 0) is 24.1 Å². The lowest BCUT2D eigenvalue weighted by Gasteiger charge is -2.16. The average Bonchev–Trinajstić information content (AvgIpc) is 2.54. The van der Waals surface area contributed by atoms with Crippen molar-refractivity contribution in [2.24, 2.45) is 0 Å². The van der Waals surface area contributed by atoms with Crippen molar-refractivity contribution in [2.45, 2.75) is 19.8 Å². The van der Waals surface area contributed by atoms with Crippen LogP contribution < -0.4 is 10.1 Å². The van der Waals surface area contributed by atoms with Crippen LogP contribution in [0, 0.1) is 5.95 Å². The van der Waals surface area contributed by atoms with Gasteiger partial charge in [0.15, 0.2) is 11.6 Å². The van der Waals surface area contributed by atoms with Crippen LogP contribution in [0.1, 0.15) is 25.3 Å². The smallest absolute Gasteiger partial charge is 0.237 e. The van der Waals surface area contributed by atoms with Gasteiger partial charge in [-0.25, -0.2) is 0 Å². The molecule has 1 aromatic carbocycles. The molecule has 0 amide bonds. The number of aromatic hydroxyl groups is 1. The van der Waals surface area contributed by atoms with Crippen LogP contribution in [0.5, 0.6) is 17.2 Å². The molecule has 6 nitrogen and oxygen atoms in total. The molecule has 0 bridgehead atoms. The fraction of sp³-hybridized carbons (Fsp3) is 0.312. The summed E-state index contributed by atoms with van der Waals surface area (Å²) in [6.45, 7) is 4.93. The Morgan fingerprint density at radius 3 is 2.58 bits per heavy atom. The van der Waals surface area contributed by atoms with Gasteiger partial charge in [0.25, 0.3) is 0 Å². The van der Waals surface area contributed by atoms with Gasteiger partial charge in [-0.1, -0.05) is 37.0 Å². The predicted octanol–water partition coefficient (Wildman–Crippen LogP) is 5.42. The second-order valence-corrected chi connectivity index (χ2v) is 9.25. The van der Waals surface area contributed by atoms with E-state index in [2.05, 4.69) is 10.3 Å². The lowest BCUT2D eigenvalue weighted by molar-refractivity contribution is 0.452. The van der Waals surface area contributed by atoms with E-state index < -0.39 is 18.3 Å². The fourth-order valence-electron chi connectivity index (χ4n) is 2.10. The van der Waals surface area contributed by atoms with Crippen LogP contribution in [0.15, 0.2) is 18.2 Å². The van der Waals surface area contributed by atoms with Crippen molar-refractivity contribution in [3.63, 3.8) is 0 Å². The van der Waals surface area contributed by atoms with Gasteiger partial charge in [0.05, 0.1) is 6.29 Å². The van der Waals surface area contributed by atoms with Crippen LogP contribution in [-0.4, -0.2) is 27.9 Å². The first-order valence-electron chi connectivity index (χ1n) is 7.58. The standard InChI is InChI=1S/C16H18Cl2FN2O4P/c1-8(2)10-6-9(4-5-11(10)22)25-14-12(17)15(19)21-16(13(14)18)20-7-26(3,23)24/h4-6,8,22H,7H2,1-3H3,(H,20,21)(H,23,24). The SMILES string of the molecule is CC(C)c1cc(Oc2c(Cl)c(F)nc(NCP(C)(=O)O)c2Cl)ccc1O. The van der Waals surface area contributed by atoms with E-state index in [4.69, 9.17) is 27.9 Å². The summed E-state index contributed by atoms with van der Waals surface area (Å²) in [5.41, 5.74) is 0.634. The number of halogens is 3. The van der Waals surface area contributed by atoms with Crippen LogP contribution >= 0.6 is 30.6 Å². The van der Waals surface area contributed by atoms with Crippen molar-refractivity contribution >= 4 is 36.4 Å². The molecule has 2 aromatic rings. The number of nitrogens with one attached hydrogen (secondary N) is 1. The third-order valence-corrected chi connectivity index (χ3v) is 4.80. The highest BCUT2D eigenvalue weighted by Gasteiger charge is 2.21. The number of ether oxygens (including phenoxy) is 1. The number of nitrogens with zero attached hydrogens (tertiary/aromatic N) is 1. The molecule has 1 aromatic heterocycles. The Kier molecular flexibility index (Phi) is 6.40. The molecule has 0 saturated heterocycles. The Morgan fingerprint density at radius 2 is 2.00 bits per heavy atom. The molecule has 142 valence electrons. The summed E-state index contributed by atoms with van der Waals surface area (Å²) < 4.78 is 31.0. The zero-order valence-corrected chi connectivity index (χ0v) is 16.7. The largest absolute Gasteiger partial charge is 0.508 e. The van der Waals surface area contributed by atoms with Crippen molar-refractivity contribution < 1.29 is 23.7 Å². The molecule has 1 atom stereocenters.